The van der Waals surface area contributed by atoms with E-state index in [9.17, 15) is 4.79 Å². The predicted octanol–water partition coefficient (Wildman–Crippen LogP) is 3.69. The largest absolute Gasteiger partial charge is 0.497 e. The summed E-state index contributed by atoms with van der Waals surface area (Å²) >= 11 is 1.35. The fourth-order valence-corrected chi connectivity index (χ4v) is 3.49. The fraction of sp³-hybridized carbons (Fsp3) is 0.318. The number of carbonyl (C=O) groups excluding carboxylic acids is 1. The number of nitrogens with one attached hydrogen (secondary N) is 1. The van der Waals surface area contributed by atoms with E-state index in [0.29, 0.717) is 24.2 Å². The van der Waals surface area contributed by atoms with E-state index in [1.165, 1.54) is 17.3 Å². The number of hydrogen-bond donors (Lipinski definition) is 1. The summed E-state index contributed by atoms with van der Waals surface area (Å²) in [6, 6.07) is 15.6. The molecule has 0 atom stereocenters. The minimum absolute atomic E-state index is 0.0805. The first-order chi connectivity index (χ1) is 14.6. The van der Waals surface area contributed by atoms with Gasteiger partial charge in [-0.1, -0.05) is 37.7 Å². The van der Waals surface area contributed by atoms with Gasteiger partial charge in [-0.2, -0.15) is 0 Å². The van der Waals surface area contributed by atoms with Gasteiger partial charge in [0, 0.05) is 5.69 Å². The Balaban J connectivity index is 1.43. The molecule has 3 aromatic rings. The Morgan fingerprint density at radius 2 is 1.80 bits per heavy atom. The molecule has 1 N–H and O–H groups in total. The summed E-state index contributed by atoms with van der Waals surface area (Å²) in [7, 11) is 1.62. The van der Waals surface area contributed by atoms with E-state index in [0.717, 1.165) is 17.2 Å². The van der Waals surface area contributed by atoms with Crippen molar-refractivity contribution in [1.82, 2.24) is 20.1 Å². The minimum Gasteiger partial charge on any atom is -0.497 e. The molecule has 1 amide bonds. The molecule has 0 fully saturated rings. The maximum atomic E-state index is 12.1. The van der Waals surface area contributed by atoms with Crippen LogP contribution in [-0.4, -0.2) is 46.7 Å². The average molecular weight is 427 g/mol. The molecule has 2 aromatic carbocycles. The quantitative estimate of drug-likeness (QED) is 0.394. The van der Waals surface area contributed by atoms with Crippen LogP contribution in [0.15, 0.2) is 60.0 Å². The van der Waals surface area contributed by atoms with E-state index in [1.54, 1.807) is 13.4 Å². The molecule has 158 valence electrons. The monoisotopic (exact) mass is 426 g/mol. The molecular weight excluding hydrogens is 400 g/mol. The van der Waals surface area contributed by atoms with Crippen molar-refractivity contribution in [1.29, 1.82) is 0 Å². The Labute approximate surface area is 180 Å². The topological polar surface area (TPSA) is 78.3 Å². The van der Waals surface area contributed by atoms with Crippen molar-refractivity contribution in [2.75, 3.05) is 26.0 Å². The third-order valence-electron chi connectivity index (χ3n) is 4.44. The second-order valence-corrected chi connectivity index (χ2v) is 7.83. The van der Waals surface area contributed by atoms with Crippen LogP contribution in [-0.2, 0) is 4.79 Å². The number of aromatic nitrogens is 3. The first-order valence-corrected chi connectivity index (χ1v) is 10.7. The van der Waals surface area contributed by atoms with Crippen molar-refractivity contribution < 1.29 is 14.3 Å². The van der Waals surface area contributed by atoms with E-state index in [-0.39, 0.29) is 11.7 Å². The number of nitrogens with zero attached hydrogens (tertiary/aromatic N) is 3. The SMILES string of the molecule is COc1ccc(OCCNC(=O)CSc2nncn2-c2ccc(C(C)C)cc2)cc1. The molecule has 3 rings (SSSR count). The Hall–Kier alpha value is -3.00. The van der Waals surface area contributed by atoms with Crippen molar-refractivity contribution in [2.45, 2.75) is 24.9 Å². The minimum atomic E-state index is -0.0805. The first kappa shape index (κ1) is 21.7. The van der Waals surface area contributed by atoms with Gasteiger partial charge in [0.15, 0.2) is 5.16 Å². The van der Waals surface area contributed by atoms with Gasteiger partial charge in [0.1, 0.15) is 24.4 Å². The zero-order valence-corrected chi connectivity index (χ0v) is 18.2. The van der Waals surface area contributed by atoms with Crippen LogP contribution in [0.5, 0.6) is 11.5 Å². The molecule has 0 unspecified atom stereocenters. The highest BCUT2D eigenvalue weighted by Crippen LogP contribution is 2.22. The molecular formula is C22H26N4O3S. The summed E-state index contributed by atoms with van der Waals surface area (Å²) in [6.45, 7) is 5.14. The molecule has 0 radical (unpaired) electrons. The number of carbonyl (C=O) groups is 1. The van der Waals surface area contributed by atoms with E-state index < -0.39 is 0 Å². The predicted molar refractivity (Wildman–Crippen MR) is 118 cm³/mol. The van der Waals surface area contributed by atoms with Crippen LogP contribution in [0.1, 0.15) is 25.3 Å². The summed E-state index contributed by atoms with van der Waals surface area (Å²) in [6.07, 6.45) is 1.66. The Kier molecular flexibility index (Phi) is 7.73. The van der Waals surface area contributed by atoms with Crippen molar-refractivity contribution in [2.24, 2.45) is 0 Å². The molecule has 0 aliphatic rings. The number of rotatable bonds is 10. The summed E-state index contributed by atoms with van der Waals surface area (Å²) < 4.78 is 12.6. The third-order valence-corrected chi connectivity index (χ3v) is 5.38. The van der Waals surface area contributed by atoms with Crippen LogP contribution in [0.25, 0.3) is 5.69 Å². The Bertz CT molecular complexity index is 940. The number of methoxy groups -OCH3 is 1. The highest BCUT2D eigenvalue weighted by Gasteiger charge is 2.10. The van der Waals surface area contributed by atoms with E-state index in [2.05, 4.69) is 41.5 Å². The van der Waals surface area contributed by atoms with Gasteiger partial charge in [0.25, 0.3) is 0 Å². The summed E-state index contributed by atoms with van der Waals surface area (Å²) in [5.74, 6) is 2.16. The van der Waals surface area contributed by atoms with Gasteiger partial charge in [-0.25, -0.2) is 0 Å². The summed E-state index contributed by atoms with van der Waals surface area (Å²) in [5, 5.41) is 11.6. The van der Waals surface area contributed by atoms with Crippen LogP contribution in [0.4, 0.5) is 0 Å². The van der Waals surface area contributed by atoms with Crippen LogP contribution >= 0.6 is 11.8 Å². The molecule has 30 heavy (non-hydrogen) atoms. The molecule has 0 saturated heterocycles. The zero-order valence-electron chi connectivity index (χ0n) is 17.4. The van der Waals surface area contributed by atoms with Crippen LogP contribution < -0.4 is 14.8 Å². The lowest BCUT2D eigenvalue weighted by molar-refractivity contribution is -0.118. The average Bonchev–Trinajstić information content (AvgIpc) is 3.24. The van der Waals surface area contributed by atoms with Gasteiger partial charge in [-0.05, 0) is 47.9 Å². The molecule has 0 aliphatic heterocycles. The maximum Gasteiger partial charge on any atom is 0.230 e. The van der Waals surface area contributed by atoms with Crippen molar-refractivity contribution in [3.63, 3.8) is 0 Å². The molecule has 0 aliphatic carbocycles. The van der Waals surface area contributed by atoms with Crippen molar-refractivity contribution >= 4 is 17.7 Å². The van der Waals surface area contributed by atoms with E-state index in [1.807, 2.05) is 41.0 Å². The molecule has 1 aromatic heterocycles. The number of amides is 1. The molecule has 1 heterocycles. The van der Waals surface area contributed by atoms with Gasteiger partial charge in [0.05, 0.1) is 19.4 Å². The smallest absolute Gasteiger partial charge is 0.230 e. The van der Waals surface area contributed by atoms with Gasteiger partial charge in [-0.3, -0.25) is 9.36 Å². The Morgan fingerprint density at radius 1 is 1.10 bits per heavy atom. The summed E-state index contributed by atoms with van der Waals surface area (Å²) in [4.78, 5) is 12.1. The lowest BCUT2D eigenvalue weighted by atomic mass is 10.0. The standard InChI is InChI=1S/C22H26N4O3S/c1-16(2)17-4-6-18(7-5-17)26-15-24-25-22(26)30-14-21(27)23-12-13-29-20-10-8-19(28-3)9-11-20/h4-11,15-16H,12-14H2,1-3H3,(H,23,27). The second kappa shape index (κ2) is 10.7. The normalized spacial score (nSPS) is 10.8. The van der Waals surface area contributed by atoms with Crippen LogP contribution in [0, 0.1) is 0 Å². The second-order valence-electron chi connectivity index (χ2n) is 6.89. The van der Waals surface area contributed by atoms with Crippen LogP contribution in [0.3, 0.4) is 0 Å². The highest BCUT2D eigenvalue weighted by molar-refractivity contribution is 7.99. The fourth-order valence-electron chi connectivity index (χ4n) is 2.73. The van der Waals surface area contributed by atoms with Crippen LogP contribution in [0.2, 0.25) is 0 Å². The van der Waals surface area contributed by atoms with Crippen molar-refractivity contribution in [3.05, 3.63) is 60.4 Å². The van der Waals surface area contributed by atoms with Gasteiger partial charge >= 0.3 is 0 Å². The van der Waals surface area contributed by atoms with Gasteiger partial charge < -0.3 is 14.8 Å². The molecule has 0 spiro atoms. The number of benzene rings is 2. The van der Waals surface area contributed by atoms with E-state index >= 15 is 0 Å². The lowest BCUT2D eigenvalue weighted by Crippen LogP contribution is -2.29. The van der Waals surface area contributed by atoms with E-state index in [4.69, 9.17) is 9.47 Å². The lowest BCUT2D eigenvalue weighted by Gasteiger charge is -2.10. The molecule has 8 heteroatoms. The molecule has 7 nitrogen and oxygen atoms in total. The maximum absolute atomic E-state index is 12.1. The number of hydrogen-bond acceptors (Lipinski definition) is 6. The van der Waals surface area contributed by atoms with Crippen molar-refractivity contribution in [3.8, 4) is 17.2 Å². The molecule has 0 saturated carbocycles. The van der Waals surface area contributed by atoms with Gasteiger partial charge in [0.2, 0.25) is 5.91 Å². The first-order valence-electron chi connectivity index (χ1n) is 9.73. The summed E-state index contributed by atoms with van der Waals surface area (Å²) in [5.41, 5.74) is 2.25. The number of thioether (sulfide) groups is 1. The Morgan fingerprint density at radius 3 is 2.47 bits per heavy atom. The third kappa shape index (κ3) is 6.00. The van der Waals surface area contributed by atoms with Gasteiger partial charge in [-0.15, -0.1) is 10.2 Å². The zero-order chi connectivity index (χ0) is 21.3. The highest BCUT2D eigenvalue weighted by atomic mass is 32.2. The number of ether oxygens (including phenoxy) is 2. The molecule has 0 bridgehead atoms.